The van der Waals surface area contributed by atoms with Gasteiger partial charge in [0, 0.05) is 0 Å². The minimum absolute atomic E-state index is 0.0124. The van der Waals surface area contributed by atoms with Crippen molar-refractivity contribution in [1.82, 2.24) is 5.32 Å². The predicted octanol–water partition coefficient (Wildman–Crippen LogP) is 3.33. The molecule has 0 aliphatic carbocycles. The zero-order valence-corrected chi connectivity index (χ0v) is 13.2. The van der Waals surface area contributed by atoms with Gasteiger partial charge in [-0.1, -0.05) is 18.2 Å². The highest BCUT2D eigenvalue weighted by atomic mass is 32.1. The first-order valence-electron chi connectivity index (χ1n) is 6.86. The lowest BCUT2D eigenvalue weighted by molar-refractivity contribution is -0.137. The molecule has 0 saturated heterocycles. The lowest BCUT2D eigenvalue weighted by atomic mass is 9.99. The van der Waals surface area contributed by atoms with Gasteiger partial charge < -0.3 is 10.4 Å². The largest absolute Gasteiger partial charge is 0.416 e. The quantitative estimate of drug-likeness (QED) is 0.875. The third-order valence-electron chi connectivity index (χ3n) is 3.39. The molecule has 0 bridgehead atoms. The molecule has 0 radical (unpaired) electrons. The number of alkyl halides is 3. The third kappa shape index (κ3) is 4.80. The van der Waals surface area contributed by atoms with Gasteiger partial charge in [0.15, 0.2) is 0 Å². The molecule has 2 N–H and O–H groups in total. The molecule has 1 aromatic carbocycles. The highest BCUT2D eigenvalue weighted by Crippen LogP contribution is 2.29. The third-order valence-corrected chi connectivity index (χ3v) is 4.08. The summed E-state index contributed by atoms with van der Waals surface area (Å²) in [5.74, 6) is -0.445. The Balaban J connectivity index is 1.95. The van der Waals surface area contributed by atoms with Gasteiger partial charge in [-0.05, 0) is 40.9 Å². The van der Waals surface area contributed by atoms with E-state index in [0.717, 1.165) is 12.1 Å². The minimum atomic E-state index is -4.44. The Morgan fingerprint density at radius 2 is 2.00 bits per heavy atom. The van der Waals surface area contributed by atoms with Crippen LogP contribution in [-0.4, -0.2) is 17.6 Å². The molecule has 1 amide bonds. The van der Waals surface area contributed by atoms with Crippen LogP contribution in [0.1, 0.15) is 23.6 Å². The summed E-state index contributed by atoms with van der Waals surface area (Å²) < 4.78 is 37.9. The number of thiophene rings is 1. The molecular formula is C16H16F3NO2S. The van der Waals surface area contributed by atoms with Gasteiger partial charge in [-0.2, -0.15) is 24.5 Å². The van der Waals surface area contributed by atoms with E-state index in [2.05, 4.69) is 5.32 Å². The Morgan fingerprint density at radius 1 is 1.26 bits per heavy atom. The molecule has 0 fully saturated rings. The van der Waals surface area contributed by atoms with E-state index in [-0.39, 0.29) is 18.5 Å². The van der Waals surface area contributed by atoms with E-state index in [1.54, 1.807) is 18.4 Å². The van der Waals surface area contributed by atoms with Crippen molar-refractivity contribution < 1.29 is 23.1 Å². The van der Waals surface area contributed by atoms with Crippen LogP contribution >= 0.6 is 11.3 Å². The number of halogens is 3. The van der Waals surface area contributed by atoms with Crippen molar-refractivity contribution in [3.8, 4) is 0 Å². The van der Waals surface area contributed by atoms with Gasteiger partial charge in [-0.15, -0.1) is 0 Å². The summed E-state index contributed by atoms with van der Waals surface area (Å²) in [5, 5.41) is 16.4. The number of rotatable bonds is 5. The van der Waals surface area contributed by atoms with Gasteiger partial charge in [0.25, 0.3) is 0 Å². The predicted molar refractivity (Wildman–Crippen MR) is 82.0 cm³/mol. The standard InChI is InChI=1S/C16H16F3NO2S/c1-15(22,13-5-6-23-9-13)10-20-14(21)8-11-3-2-4-12(7-11)16(17,18)19/h2-7,9,22H,8,10H2,1H3,(H,20,21). The molecule has 1 aromatic heterocycles. The van der Waals surface area contributed by atoms with Gasteiger partial charge >= 0.3 is 6.18 Å². The molecule has 1 heterocycles. The molecule has 3 nitrogen and oxygen atoms in total. The summed E-state index contributed by atoms with van der Waals surface area (Å²) in [7, 11) is 0. The average molecular weight is 343 g/mol. The first-order chi connectivity index (χ1) is 10.7. The molecular weight excluding hydrogens is 327 g/mol. The normalized spacial score (nSPS) is 14.3. The number of amides is 1. The van der Waals surface area contributed by atoms with E-state index >= 15 is 0 Å². The second-order valence-corrected chi connectivity index (χ2v) is 6.22. The molecule has 1 atom stereocenters. The minimum Gasteiger partial charge on any atom is -0.384 e. The summed E-state index contributed by atoms with van der Waals surface area (Å²) >= 11 is 1.43. The molecule has 2 rings (SSSR count). The smallest absolute Gasteiger partial charge is 0.384 e. The monoisotopic (exact) mass is 343 g/mol. The van der Waals surface area contributed by atoms with E-state index in [0.29, 0.717) is 5.56 Å². The van der Waals surface area contributed by atoms with Gasteiger partial charge in [-0.25, -0.2) is 0 Å². The molecule has 7 heteroatoms. The highest BCUT2D eigenvalue weighted by molar-refractivity contribution is 7.08. The second kappa shape index (κ2) is 6.72. The maximum absolute atomic E-state index is 12.6. The molecule has 1 unspecified atom stereocenters. The van der Waals surface area contributed by atoms with E-state index in [9.17, 15) is 23.1 Å². The summed E-state index contributed by atoms with van der Waals surface area (Å²) in [4.78, 5) is 11.9. The average Bonchev–Trinajstić information content (AvgIpc) is 3.00. The summed E-state index contributed by atoms with van der Waals surface area (Å²) in [6.07, 6.45) is -4.61. The molecule has 0 aliphatic heterocycles. The maximum atomic E-state index is 12.6. The van der Waals surface area contributed by atoms with Crippen LogP contribution in [0.4, 0.5) is 13.2 Å². The van der Waals surface area contributed by atoms with Crippen LogP contribution in [0.2, 0.25) is 0 Å². The first-order valence-corrected chi connectivity index (χ1v) is 7.81. The van der Waals surface area contributed by atoms with Crippen LogP contribution in [0.5, 0.6) is 0 Å². The van der Waals surface area contributed by atoms with Crippen LogP contribution in [-0.2, 0) is 23.0 Å². The number of carbonyl (C=O) groups is 1. The molecule has 0 saturated carbocycles. The van der Waals surface area contributed by atoms with Crippen LogP contribution in [0.3, 0.4) is 0 Å². The fourth-order valence-electron chi connectivity index (χ4n) is 2.05. The van der Waals surface area contributed by atoms with Gasteiger partial charge in [0.2, 0.25) is 5.91 Å². The number of aliphatic hydroxyl groups is 1. The Labute approximate surface area is 135 Å². The number of benzene rings is 1. The van der Waals surface area contributed by atoms with Crippen molar-refractivity contribution in [1.29, 1.82) is 0 Å². The van der Waals surface area contributed by atoms with Crippen molar-refractivity contribution >= 4 is 17.2 Å². The van der Waals surface area contributed by atoms with Crippen LogP contribution < -0.4 is 5.32 Å². The lowest BCUT2D eigenvalue weighted by Crippen LogP contribution is -2.39. The lowest BCUT2D eigenvalue weighted by Gasteiger charge is -2.22. The van der Waals surface area contributed by atoms with Crippen molar-refractivity contribution in [2.75, 3.05) is 6.54 Å². The Kier molecular flexibility index (Phi) is 5.11. The molecule has 23 heavy (non-hydrogen) atoms. The molecule has 2 aromatic rings. The summed E-state index contributed by atoms with van der Waals surface area (Å²) in [6, 6.07) is 6.40. The summed E-state index contributed by atoms with van der Waals surface area (Å²) in [6.45, 7) is 1.56. The Hall–Kier alpha value is -1.86. The maximum Gasteiger partial charge on any atom is 0.416 e. The van der Waals surface area contributed by atoms with Crippen LogP contribution in [0.25, 0.3) is 0 Å². The number of hydrogen-bond acceptors (Lipinski definition) is 3. The second-order valence-electron chi connectivity index (χ2n) is 5.44. The topological polar surface area (TPSA) is 49.3 Å². The zero-order chi connectivity index (χ0) is 17.1. The SMILES string of the molecule is CC(O)(CNC(=O)Cc1cccc(C(F)(F)F)c1)c1ccsc1. The number of nitrogens with one attached hydrogen (secondary N) is 1. The first kappa shape index (κ1) is 17.5. The number of hydrogen-bond donors (Lipinski definition) is 2. The van der Waals surface area contributed by atoms with Gasteiger partial charge in [0.1, 0.15) is 5.60 Å². The zero-order valence-electron chi connectivity index (χ0n) is 12.4. The van der Waals surface area contributed by atoms with Crippen LogP contribution in [0.15, 0.2) is 41.1 Å². The van der Waals surface area contributed by atoms with Gasteiger partial charge in [-0.3, -0.25) is 4.79 Å². The van der Waals surface area contributed by atoms with Crippen molar-refractivity contribution in [3.05, 3.63) is 57.8 Å². The van der Waals surface area contributed by atoms with Crippen molar-refractivity contribution in [2.45, 2.75) is 25.1 Å². The molecule has 0 aliphatic rings. The van der Waals surface area contributed by atoms with Gasteiger partial charge in [0.05, 0.1) is 18.5 Å². The van der Waals surface area contributed by atoms with E-state index in [1.165, 1.54) is 23.5 Å². The van der Waals surface area contributed by atoms with E-state index in [1.807, 2.05) is 5.38 Å². The van der Waals surface area contributed by atoms with E-state index in [4.69, 9.17) is 0 Å². The van der Waals surface area contributed by atoms with Crippen molar-refractivity contribution in [3.63, 3.8) is 0 Å². The number of carbonyl (C=O) groups excluding carboxylic acids is 1. The Bertz CT molecular complexity index is 666. The summed E-state index contributed by atoms with van der Waals surface area (Å²) in [5.41, 5.74) is -1.05. The fraction of sp³-hybridized carbons (Fsp3) is 0.312. The fourth-order valence-corrected chi connectivity index (χ4v) is 2.83. The van der Waals surface area contributed by atoms with Crippen molar-refractivity contribution in [2.24, 2.45) is 0 Å². The highest BCUT2D eigenvalue weighted by Gasteiger charge is 2.30. The molecule has 0 spiro atoms. The van der Waals surface area contributed by atoms with Crippen LogP contribution in [0, 0.1) is 0 Å². The van der Waals surface area contributed by atoms with E-state index < -0.39 is 23.2 Å². The Morgan fingerprint density at radius 3 is 2.61 bits per heavy atom. The molecule has 124 valence electrons.